The van der Waals surface area contributed by atoms with Gasteiger partial charge in [0.05, 0.1) is 28.8 Å². The summed E-state index contributed by atoms with van der Waals surface area (Å²) in [6.07, 6.45) is 0. The molecule has 3 aromatic rings. The van der Waals surface area contributed by atoms with Crippen LogP contribution in [0.4, 0.5) is 4.39 Å². The van der Waals surface area contributed by atoms with Crippen molar-refractivity contribution < 1.29 is 27.1 Å². The number of fused-ring (bicyclic) bond motifs is 1. The van der Waals surface area contributed by atoms with Crippen molar-refractivity contribution in [2.45, 2.75) is 18.4 Å². The zero-order valence-electron chi connectivity index (χ0n) is 15.1. The largest absolute Gasteiger partial charge is 0.497 e. The van der Waals surface area contributed by atoms with E-state index in [1.807, 2.05) is 0 Å². The number of halogens is 1. The van der Waals surface area contributed by atoms with Crippen LogP contribution in [-0.4, -0.2) is 32.7 Å². The molecule has 0 saturated heterocycles. The lowest BCUT2D eigenvalue weighted by Crippen LogP contribution is -2.23. The molecule has 0 unspecified atom stereocenters. The maximum Gasteiger partial charge on any atom is 0.326 e. The second kappa shape index (κ2) is 8.11. The fourth-order valence-corrected chi connectivity index (χ4v) is 4.79. The number of aromatic nitrogens is 1. The number of benzene rings is 2. The fraction of sp³-hybridized carbons (Fsp3) is 0.222. The predicted molar refractivity (Wildman–Crippen MR) is 102 cm³/mol. The molecule has 2 aromatic carbocycles. The summed E-state index contributed by atoms with van der Waals surface area (Å²) in [5.41, 5.74) is 0.101. The van der Waals surface area contributed by atoms with Gasteiger partial charge in [0.25, 0.3) is 10.0 Å². The lowest BCUT2D eigenvalue weighted by molar-refractivity contribution is -0.143. The van der Waals surface area contributed by atoms with E-state index in [0.29, 0.717) is 10.4 Å². The highest BCUT2D eigenvalue weighted by Gasteiger charge is 2.18. The summed E-state index contributed by atoms with van der Waals surface area (Å²) in [4.78, 5) is 11.9. The minimum absolute atomic E-state index is 0.0241. The Kier molecular flexibility index (Phi) is 5.80. The van der Waals surface area contributed by atoms with Crippen LogP contribution < -0.4 is 9.54 Å². The number of sulfonamides is 1. The number of hydrogen-bond acceptors (Lipinski definition) is 6. The smallest absolute Gasteiger partial charge is 0.326 e. The third-order valence-corrected chi connectivity index (χ3v) is 6.24. The molecule has 3 rings (SSSR count). The van der Waals surface area contributed by atoms with E-state index in [9.17, 15) is 17.6 Å². The Morgan fingerprint density at radius 3 is 2.57 bits per heavy atom. The van der Waals surface area contributed by atoms with Crippen LogP contribution in [0, 0.1) is 5.82 Å². The van der Waals surface area contributed by atoms with Crippen LogP contribution in [0.1, 0.15) is 6.92 Å². The van der Waals surface area contributed by atoms with Gasteiger partial charge in [0, 0.05) is 0 Å². The molecule has 148 valence electrons. The van der Waals surface area contributed by atoms with E-state index < -0.39 is 21.8 Å². The molecule has 0 N–H and O–H groups in total. The predicted octanol–water partition coefficient (Wildman–Crippen LogP) is 2.70. The average molecular weight is 424 g/mol. The maximum absolute atomic E-state index is 14.4. The van der Waals surface area contributed by atoms with Crippen LogP contribution in [0.15, 0.2) is 51.8 Å². The molecular formula is C18H17FN2O5S2. The van der Waals surface area contributed by atoms with Crippen LogP contribution in [0.25, 0.3) is 10.2 Å². The second-order valence-corrected chi connectivity index (χ2v) is 8.22. The van der Waals surface area contributed by atoms with Crippen molar-refractivity contribution in [3.63, 3.8) is 0 Å². The van der Waals surface area contributed by atoms with Crippen LogP contribution in [-0.2, 0) is 26.1 Å². The minimum atomic E-state index is -4.08. The number of thiazole rings is 1. The van der Waals surface area contributed by atoms with E-state index >= 15 is 0 Å². The van der Waals surface area contributed by atoms with Crippen molar-refractivity contribution in [2.75, 3.05) is 13.7 Å². The van der Waals surface area contributed by atoms with Crippen LogP contribution >= 0.6 is 11.3 Å². The Morgan fingerprint density at radius 1 is 1.21 bits per heavy atom. The topological polar surface area (TPSA) is 87.0 Å². The quantitative estimate of drug-likeness (QED) is 0.568. The monoisotopic (exact) mass is 424 g/mol. The van der Waals surface area contributed by atoms with Gasteiger partial charge in [0.2, 0.25) is 4.80 Å². The lowest BCUT2D eigenvalue weighted by atomic mass is 10.3. The lowest BCUT2D eigenvalue weighted by Gasteiger charge is -2.06. The Morgan fingerprint density at radius 2 is 1.93 bits per heavy atom. The Hall–Kier alpha value is -2.72. The SMILES string of the molecule is CCOC(=O)Cn1c(=NS(=O)(=O)c2ccc(OC)cc2)sc2cccc(F)c21. The molecule has 0 amide bonds. The maximum atomic E-state index is 14.4. The van der Waals surface area contributed by atoms with Gasteiger partial charge in [0.15, 0.2) is 0 Å². The first-order chi connectivity index (χ1) is 13.4. The molecule has 0 aliphatic carbocycles. The van der Waals surface area contributed by atoms with Crippen molar-refractivity contribution in [3.8, 4) is 5.75 Å². The summed E-state index contributed by atoms with van der Waals surface area (Å²) in [6.45, 7) is 1.45. The molecule has 0 saturated carbocycles. The van der Waals surface area contributed by atoms with E-state index in [-0.39, 0.29) is 28.4 Å². The molecule has 0 spiro atoms. The Labute approximate surface area is 164 Å². The van der Waals surface area contributed by atoms with Gasteiger partial charge >= 0.3 is 5.97 Å². The van der Waals surface area contributed by atoms with Gasteiger partial charge in [-0.1, -0.05) is 17.4 Å². The highest BCUT2D eigenvalue weighted by molar-refractivity contribution is 7.90. The molecule has 1 heterocycles. The molecule has 0 aliphatic heterocycles. The van der Waals surface area contributed by atoms with E-state index in [1.54, 1.807) is 13.0 Å². The standard InChI is InChI=1S/C18H17FN2O5S2/c1-3-26-16(22)11-21-17-14(19)5-4-6-15(17)27-18(21)20-28(23,24)13-9-7-12(25-2)8-10-13/h4-10H,3,11H2,1-2H3. The highest BCUT2D eigenvalue weighted by Crippen LogP contribution is 2.22. The van der Waals surface area contributed by atoms with Gasteiger partial charge in [-0.2, -0.15) is 8.42 Å². The molecule has 10 heteroatoms. The summed E-state index contributed by atoms with van der Waals surface area (Å²) >= 11 is 0.972. The van der Waals surface area contributed by atoms with Crippen molar-refractivity contribution in [3.05, 3.63) is 53.1 Å². The summed E-state index contributed by atoms with van der Waals surface area (Å²) in [5, 5.41) is 0. The molecule has 0 radical (unpaired) electrons. The zero-order chi connectivity index (χ0) is 20.3. The van der Waals surface area contributed by atoms with Crippen LogP contribution in [0.2, 0.25) is 0 Å². The number of rotatable bonds is 6. The Bertz CT molecular complexity index is 1180. The van der Waals surface area contributed by atoms with Gasteiger partial charge < -0.3 is 14.0 Å². The second-order valence-electron chi connectivity index (χ2n) is 5.60. The van der Waals surface area contributed by atoms with Gasteiger partial charge in [0.1, 0.15) is 18.1 Å². The molecule has 0 bridgehead atoms. The average Bonchev–Trinajstić information content (AvgIpc) is 2.99. The zero-order valence-corrected chi connectivity index (χ0v) is 16.7. The number of ether oxygens (including phenoxy) is 2. The summed E-state index contributed by atoms with van der Waals surface area (Å²) in [7, 11) is -2.61. The summed E-state index contributed by atoms with van der Waals surface area (Å²) in [5.74, 6) is -0.699. The number of esters is 1. The van der Waals surface area contributed by atoms with Crippen molar-refractivity contribution in [2.24, 2.45) is 4.40 Å². The molecule has 0 atom stereocenters. The normalized spacial score (nSPS) is 12.3. The minimum Gasteiger partial charge on any atom is -0.497 e. The van der Waals surface area contributed by atoms with Crippen molar-refractivity contribution in [1.29, 1.82) is 0 Å². The first-order valence-corrected chi connectivity index (χ1v) is 10.5. The van der Waals surface area contributed by atoms with Gasteiger partial charge in [-0.15, -0.1) is 4.40 Å². The number of carbonyl (C=O) groups excluding carboxylic acids is 1. The van der Waals surface area contributed by atoms with Crippen molar-refractivity contribution >= 4 is 37.5 Å². The van der Waals surface area contributed by atoms with E-state index in [1.165, 1.54) is 48.1 Å². The number of carbonyl (C=O) groups is 1. The molecule has 0 aliphatic rings. The fourth-order valence-electron chi connectivity index (χ4n) is 2.54. The molecule has 1 aromatic heterocycles. The third kappa shape index (κ3) is 4.07. The van der Waals surface area contributed by atoms with Crippen molar-refractivity contribution in [1.82, 2.24) is 4.57 Å². The number of hydrogen-bond donors (Lipinski definition) is 0. The number of para-hydroxylation sites is 1. The molecule has 28 heavy (non-hydrogen) atoms. The molecular weight excluding hydrogens is 407 g/mol. The first-order valence-electron chi connectivity index (χ1n) is 8.24. The number of nitrogens with zero attached hydrogens (tertiary/aromatic N) is 2. The van der Waals surface area contributed by atoms with Gasteiger partial charge in [-0.05, 0) is 43.3 Å². The van der Waals surface area contributed by atoms with E-state index in [0.717, 1.165) is 11.3 Å². The summed E-state index contributed by atoms with van der Waals surface area (Å²) in [6, 6.07) is 10.1. The Balaban J connectivity index is 2.17. The van der Waals surface area contributed by atoms with Crippen LogP contribution in [0.3, 0.4) is 0 Å². The molecule has 0 fully saturated rings. The van der Waals surface area contributed by atoms with Gasteiger partial charge in [-0.3, -0.25) is 4.79 Å². The third-order valence-electron chi connectivity index (χ3n) is 3.80. The van der Waals surface area contributed by atoms with Crippen LogP contribution in [0.5, 0.6) is 5.75 Å². The highest BCUT2D eigenvalue weighted by atomic mass is 32.2. The van der Waals surface area contributed by atoms with Gasteiger partial charge in [-0.25, -0.2) is 4.39 Å². The van der Waals surface area contributed by atoms with E-state index in [4.69, 9.17) is 9.47 Å². The molecule has 7 nitrogen and oxygen atoms in total. The number of methoxy groups -OCH3 is 1. The van der Waals surface area contributed by atoms with E-state index in [2.05, 4.69) is 4.40 Å². The summed E-state index contributed by atoms with van der Waals surface area (Å²) < 4.78 is 55.2. The first kappa shape index (κ1) is 20.0.